The average Bonchev–Trinajstić information content (AvgIpc) is 1.88. The number of ketones is 1. The summed E-state index contributed by atoms with van der Waals surface area (Å²) in [6.45, 7) is 9.00. The van der Waals surface area contributed by atoms with Gasteiger partial charge in [-0.05, 0) is 19.6 Å². The van der Waals surface area contributed by atoms with Crippen molar-refractivity contribution in [2.45, 2.75) is 33.2 Å². The molecule has 0 aliphatic heterocycles. The summed E-state index contributed by atoms with van der Waals surface area (Å²) in [4.78, 5) is 14.6. The van der Waals surface area contributed by atoms with Crippen molar-refractivity contribution in [3.8, 4) is 0 Å². The lowest BCUT2D eigenvalue weighted by molar-refractivity contribution is -0.119. The minimum atomic E-state index is -0.190. The first-order valence-electron chi connectivity index (χ1n) is 3.59. The Balaban J connectivity index is 4.05. The molecule has 10 heavy (non-hydrogen) atoms. The molecule has 0 spiro atoms. The van der Waals surface area contributed by atoms with Crippen LogP contribution in [0.2, 0.25) is 0 Å². The van der Waals surface area contributed by atoms with Crippen molar-refractivity contribution in [1.82, 2.24) is 0 Å². The van der Waals surface area contributed by atoms with Crippen molar-refractivity contribution in [1.29, 1.82) is 0 Å². The summed E-state index contributed by atoms with van der Waals surface area (Å²) >= 11 is 0. The number of nitrogens with zero attached hydrogens (tertiary/aromatic N) is 1. The van der Waals surface area contributed by atoms with Crippen LogP contribution in [0.15, 0.2) is 4.99 Å². The lowest BCUT2D eigenvalue weighted by Gasteiger charge is -2.14. The van der Waals surface area contributed by atoms with Crippen LogP contribution in [0.1, 0.15) is 27.2 Å². The maximum atomic E-state index is 10.8. The normalized spacial score (nSPS) is 15.9. The fourth-order valence-electron chi connectivity index (χ4n) is 0.932. The van der Waals surface area contributed by atoms with Crippen LogP contribution >= 0.6 is 0 Å². The third kappa shape index (κ3) is 2.29. The zero-order valence-electron chi connectivity index (χ0n) is 6.92. The molecule has 0 aromatic carbocycles. The molecule has 0 aromatic rings. The molecule has 2 atom stereocenters. The molecule has 2 nitrogen and oxygen atoms in total. The van der Waals surface area contributed by atoms with Crippen LogP contribution in [-0.4, -0.2) is 18.5 Å². The van der Waals surface area contributed by atoms with E-state index in [9.17, 15) is 4.79 Å². The second-order valence-electron chi connectivity index (χ2n) is 2.62. The topological polar surface area (TPSA) is 29.4 Å². The van der Waals surface area contributed by atoms with E-state index in [4.69, 9.17) is 0 Å². The average molecular weight is 141 g/mol. The van der Waals surface area contributed by atoms with Gasteiger partial charge in [-0.15, -0.1) is 0 Å². The van der Waals surface area contributed by atoms with Gasteiger partial charge in [0.15, 0.2) is 5.78 Å². The highest BCUT2D eigenvalue weighted by atomic mass is 16.1. The highest BCUT2D eigenvalue weighted by Gasteiger charge is 2.17. The molecule has 2 unspecified atom stereocenters. The van der Waals surface area contributed by atoms with Gasteiger partial charge in [0.2, 0.25) is 0 Å². The van der Waals surface area contributed by atoms with Gasteiger partial charge in [-0.1, -0.05) is 20.3 Å². The maximum Gasteiger partial charge on any atom is 0.154 e. The van der Waals surface area contributed by atoms with Crippen LogP contribution in [0, 0.1) is 5.92 Å². The highest BCUT2D eigenvalue weighted by molar-refractivity contribution is 5.82. The summed E-state index contributed by atoms with van der Waals surface area (Å²) in [5.74, 6) is 0.444. The maximum absolute atomic E-state index is 10.8. The van der Waals surface area contributed by atoms with Crippen molar-refractivity contribution in [2.75, 3.05) is 0 Å². The molecular formula is C8H15NO. The van der Waals surface area contributed by atoms with Gasteiger partial charge in [-0.25, -0.2) is 0 Å². The van der Waals surface area contributed by atoms with Crippen molar-refractivity contribution >= 4 is 12.5 Å². The van der Waals surface area contributed by atoms with E-state index in [0.29, 0.717) is 5.92 Å². The molecule has 0 saturated heterocycles. The van der Waals surface area contributed by atoms with Gasteiger partial charge >= 0.3 is 0 Å². The van der Waals surface area contributed by atoms with Gasteiger partial charge in [0.25, 0.3) is 0 Å². The van der Waals surface area contributed by atoms with E-state index >= 15 is 0 Å². The quantitative estimate of drug-likeness (QED) is 0.548. The lowest BCUT2D eigenvalue weighted by Crippen LogP contribution is -2.22. The Labute approximate surface area is 62.4 Å². The number of aliphatic imine (C=N–C) groups is 1. The summed E-state index contributed by atoms with van der Waals surface area (Å²) in [6, 6.07) is -0.190. The number of carbonyl (C=O) groups excluding carboxylic acids is 1. The molecule has 0 N–H and O–H groups in total. The van der Waals surface area contributed by atoms with Crippen LogP contribution in [-0.2, 0) is 4.79 Å². The van der Waals surface area contributed by atoms with E-state index in [1.165, 1.54) is 0 Å². The summed E-state index contributed by atoms with van der Waals surface area (Å²) in [6.07, 6.45) is 0.975. The van der Waals surface area contributed by atoms with E-state index in [1.807, 2.05) is 13.8 Å². The minimum Gasteiger partial charge on any atom is -0.298 e. The van der Waals surface area contributed by atoms with Crippen molar-refractivity contribution in [2.24, 2.45) is 10.9 Å². The number of Topliss-reactive ketones (excluding diaryl/α,β-unsaturated/α-hetero) is 1. The summed E-state index contributed by atoms with van der Waals surface area (Å²) in [5.41, 5.74) is 0. The van der Waals surface area contributed by atoms with Gasteiger partial charge in [0.05, 0.1) is 0 Å². The SMILES string of the molecule is C=NC(C(C)=O)C(C)CC. The predicted octanol–water partition coefficient (Wildman–Crippen LogP) is 1.69. The summed E-state index contributed by atoms with van der Waals surface area (Å²) in [5, 5.41) is 0. The van der Waals surface area contributed by atoms with E-state index in [0.717, 1.165) is 6.42 Å². The number of hydrogen-bond donors (Lipinski definition) is 0. The molecule has 0 amide bonds. The molecule has 0 bridgehead atoms. The van der Waals surface area contributed by atoms with E-state index in [2.05, 4.69) is 11.7 Å². The monoisotopic (exact) mass is 141 g/mol. The molecule has 0 fully saturated rings. The second kappa shape index (κ2) is 4.20. The van der Waals surface area contributed by atoms with Gasteiger partial charge in [-0.2, -0.15) is 0 Å². The molecule has 58 valence electrons. The largest absolute Gasteiger partial charge is 0.298 e. The van der Waals surface area contributed by atoms with E-state index < -0.39 is 0 Å². The first kappa shape index (κ1) is 9.34. The van der Waals surface area contributed by atoms with Crippen LogP contribution in [0.3, 0.4) is 0 Å². The Hall–Kier alpha value is -0.660. The molecule has 0 heterocycles. The minimum absolute atomic E-state index is 0.115. The summed E-state index contributed by atoms with van der Waals surface area (Å²) < 4.78 is 0. The number of rotatable bonds is 4. The van der Waals surface area contributed by atoms with Gasteiger partial charge in [0.1, 0.15) is 6.04 Å². The number of hydrogen-bond acceptors (Lipinski definition) is 2. The van der Waals surface area contributed by atoms with Crippen molar-refractivity contribution in [3.63, 3.8) is 0 Å². The Morgan fingerprint density at radius 3 is 2.30 bits per heavy atom. The number of carbonyl (C=O) groups is 1. The Kier molecular flexibility index (Phi) is 3.93. The lowest BCUT2D eigenvalue weighted by atomic mass is 9.97. The summed E-state index contributed by atoms with van der Waals surface area (Å²) in [7, 11) is 0. The molecule has 0 aliphatic carbocycles. The van der Waals surface area contributed by atoms with E-state index in [1.54, 1.807) is 6.92 Å². The van der Waals surface area contributed by atoms with Gasteiger partial charge in [0, 0.05) is 0 Å². The molecular weight excluding hydrogens is 126 g/mol. The Morgan fingerprint density at radius 1 is 1.70 bits per heavy atom. The predicted molar refractivity (Wildman–Crippen MR) is 43.5 cm³/mol. The molecule has 2 heteroatoms. The molecule has 0 saturated carbocycles. The Bertz CT molecular complexity index is 131. The molecule has 0 aliphatic rings. The van der Waals surface area contributed by atoms with Crippen LogP contribution in [0.25, 0.3) is 0 Å². The van der Waals surface area contributed by atoms with Crippen LogP contribution in [0.4, 0.5) is 0 Å². The standard InChI is InChI=1S/C8H15NO/c1-5-6(2)8(9-4)7(3)10/h6,8H,4-5H2,1-3H3. The van der Waals surface area contributed by atoms with Crippen LogP contribution in [0.5, 0.6) is 0 Å². The molecule has 0 rings (SSSR count). The van der Waals surface area contributed by atoms with Crippen molar-refractivity contribution < 1.29 is 4.79 Å². The Morgan fingerprint density at radius 2 is 2.20 bits per heavy atom. The first-order valence-corrected chi connectivity index (χ1v) is 3.59. The van der Waals surface area contributed by atoms with Gasteiger partial charge in [-0.3, -0.25) is 9.79 Å². The van der Waals surface area contributed by atoms with Crippen LogP contribution < -0.4 is 0 Å². The van der Waals surface area contributed by atoms with Crippen molar-refractivity contribution in [3.05, 3.63) is 0 Å². The zero-order chi connectivity index (χ0) is 8.15. The fraction of sp³-hybridized carbons (Fsp3) is 0.750. The first-order chi connectivity index (χ1) is 4.63. The fourth-order valence-corrected chi connectivity index (χ4v) is 0.932. The third-order valence-corrected chi connectivity index (χ3v) is 1.80. The smallest absolute Gasteiger partial charge is 0.154 e. The second-order valence-corrected chi connectivity index (χ2v) is 2.62. The molecule has 0 aromatic heterocycles. The van der Waals surface area contributed by atoms with Gasteiger partial charge < -0.3 is 0 Å². The zero-order valence-corrected chi connectivity index (χ0v) is 6.92. The molecule has 0 radical (unpaired) electrons. The highest BCUT2D eigenvalue weighted by Crippen LogP contribution is 2.11. The third-order valence-electron chi connectivity index (χ3n) is 1.80. The van der Waals surface area contributed by atoms with E-state index in [-0.39, 0.29) is 11.8 Å².